The summed E-state index contributed by atoms with van der Waals surface area (Å²) in [7, 11) is 0. The first-order valence-corrected chi connectivity index (χ1v) is 11.3. The Morgan fingerprint density at radius 1 is 1.06 bits per heavy atom. The number of anilines is 2. The first-order valence-electron chi connectivity index (χ1n) is 10.1. The molecule has 7 heteroatoms. The summed E-state index contributed by atoms with van der Waals surface area (Å²) in [5.74, 6) is -1.22. The van der Waals surface area contributed by atoms with E-state index in [0.717, 1.165) is 17.1 Å². The molecular formula is C24H24N4O2S. The summed E-state index contributed by atoms with van der Waals surface area (Å²) >= 11 is 1.41. The highest BCUT2D eigenvalue weighted by molar-refractivity contribution is 7.97. The molecule has 2 aromatic rings. The summed E-state index contributed by atoms with van der Waals surface area (Å²) in [4.78, 5) is 24.9. The zero-order valence-electron chi connectivity index (χ0n) is 17.2. The van der Waals surface area contributed by atoms with Crippen molar-refractivity contribution in [2.24, 2.45) is 10.3 Å². The molecule has 3 N–H and O–H groups in total. The first kappa shape index (κ1) is 20.9. The van der Waals surface area contributed by atoms with E-state index in [1.54, 1.807) is 0 Å². The summed E-state index contributed by atoms with van der Waals surface area (Å²) in [5.41, 5.74) is 2.43. The second-order valence-corrected chi connectivity index (χ2v) is 8.01. The van der Waals surface area contributed by atoms with Crippen LogP contribution in [-0.4, -0.2) is 29.8 Å². The van der Waals surface area contributed by atoms with Crippen LogP contribution in [0.4, 0.5) is 11.4 Å². The van der Waals surface area contributed by atoms with Crippen LogP contribution in [0, 0.1) is 5.92 Å². The maximum atomic E-state index is 12.5. The molecule has 0 radical (unpaired) electrons. The number of rotatable bonds is 8. The third kappa shape index (κ3) is 4.56. The minimum absolute atomic E-state index is 0.291. The maximum Gasteiger partial charge on any atom is 0.254 e. The lowest BCUT2D eigenvalue weighted by Crippen LogP contribution is -2.44. The number of carbonyl (C=O) groups excluding carboxylic acids is 2. The van der Waals surface area contributed by atoms with Crippen LogP contribution in [0.25, 0.3) is 0 Å². The van der Waals surface area contributed by atoms with E-state index in [4.69, 9.17) is 0 Å². The van der Waals surface area contributed by atoms with Gasteiger partial charge in [0.1, 0.15) is 0 Å². The van der Waals surface area contributed by atoms with Gasteiger partial charge in [0.05, 0.1) is 11.5 Å². The minimum atomic E-state index is -0.713. The van der Waals surface area contributed by atoms with E-state index in [1.165, 1.54) is 11.9 Å². The third-order valence-electron chi connectivity index (χ3n) is 5.37. The average Bonchev–Trinajstić information content (AvgIpc) is 3.05. The van der Waals surface area contributed by atoms with Gasteiger partial charge in [-0.3, -0.25) is 14.9 Å². The van der Waals surface area contributed by atoms with Crippen molar-refractivity contribution in [1.29, 1.82) is 0 Å². The van der Waals surface area contributed by atoms with Gasteiger partial charge in [-0.2, -0.15) is 0 Å². The smallest absolute Gasteiger partial charge is 0.254 e. The molecule has 1 aliphatic heterocycles. The van der Waals surface area contributed by atoms with Crippen LogP contribution in [-0.2, 0) is 9.59 Å². The standard InChI is InChI=1S/C24H24N4O2S/c1-31-25-14-8-13-24(28-18-11-6-3-7-12-18)16-20-19(22(29)27-23(20)30)15-21(24)26-17-9-4-2-5-10-17/h2-7,9-12,14-16,19,26,28H,8,13H2,1H3,(H,27,29,30)/b25-14+. The van der Waals surface area contributed by atoms with Gasteiger partial charge in [0.15, 0.2) is 0 Å². The fourth-order valence-corrected chi connectivity index (χ4v) is 4.18. The molecule has 2 atom stereocenters. The summed E-state index contributed by atoms with van der Waals surface area (Å²) in [5, 5.41) is 9.56. The van der Waals surface area contributed by atoms with Crippen LogP contribution >= 0.6 is 11.9 Å². The number of benzene rings is 2. The Balaban J connectivity index is 1.78. The van der Waals surface area contributed by atoms with Crippen molar-refractivity contribution in [3.63, 3.8) is 0 Å². The molecule has 4 rings (SSSR count). The van der Waals surface area contributed by atoms with Crippen LogP contribution in [0.2, 0.25) is 0 Å². The van der Waals surface area contributed by atoms with Gasteiger partial charge in [0, 0.05) is 35.1 Å². The Hall–Kier alpha value is -3.32. The molecule has 2 amide bonds. The average molecular weight is 433 g/mol. The molecule has 158 valence electrons. The fraction of sp³-hybridized carbons (Fsp3) is 0.208. The molecule has 1 aliphatic carbocycles. The van der Waals surface area contributed by atoms with Gasteiger partial charge in [-0.15, -0.1) is 0 Å². The number of carbonyl (C=O) groups is 2. The first-order chi connectivity index (χ1) is 15.1. The number of imide groups is 1. The second-order valence-electron chi connectivity index (χ2n) is 7.44. The normalized spacial score (nSPS) is 22.5. The van der Waals surface area contributed by atoms with Crippen molar-refractivity contribution < 1.29 is 9.59 Å². The molecule has 31 heavy (non-hydrogen) atoms. The van der Waals surface area contributed by atoms with E-state index in [-0.39, 0.29) is 11.8 Å². The minimum Gasteiger partial charge on any atom is -0.371 e. The number of hydrogen-bond acceptors (Lipinski definition) is 6. The lowest BCUT2D eigenvalue weighted by molar-refractivity contribution is -0.125. The number of amides is 2. The predicted octanol–water partition coefficient (Wildman–Crippen LogP) is 4.17. The molecular weight excluding hydrogens is 408 g/mol. The van der Waals surface area contributed by atoms with E-state index >= 15 is 0 Å². The number of para-hydroxylation sites is 2. The predicted molar refractivity (Wildman–Crippen MR) is 127 cm³/mol. The molecule has 2 unspecified atom stereocenters. The Morgan fingerprint density at radius 2 is 1.74 bits per heavy atom. The molecule has 0 bridgehead atoms. The quantitative estimate of drug-likeness (QED) is 0.331. The maximum absolute atomic E-state index is 12.5. The van der Waals surface area contributed by atoms with Gasteiger partial charge in [-0.25, -0.2) is 4.40 Å². The number of nitrogens with zero attached hydrogens (tertiary/aromatic N) is 1. The summed E-state index contributed by atoms with van der Waals surface area (Å²) < 4.78 is 4.27. The largest absolute Gasteiger partial charge is 0.371 e. The van der Waals surface area contributed by atoms with Crippen molar-refractivity contribution in [3.8, 4) is 0 Å². The Bertz CT molecular complexity index is 1050. The van der Waals surface area contributed by atoms with E-state index in [2.05, 4.69) is 20.3 Å². The van der Waals surface area contributed by atoms with E-state index in [0.29, 0.717) is 18.4 Å². The SMILES string of the molecule is CS/N=C/CCC1(Nc2ccccc2)C=C2C(=O)NC(=O)C2C=C1Nc1ccccc1. The van der Waals surface area contributed by atoms with Gasteiger partial charge in [0.25, 0.3) is 5.91 Å². The molecule has 1 saturated heterocycles. The highest BCUT2D eigenvalue weighted by Gasteiger charge is 2.45. The summed E-state index contributed by atoms with van der Waals surface area (Å²) in [6.07, 6.45) is 8.91. The van der Waals surface area contributed by atoms with Crippen LogP contribution in [0.1, 0.15) is 12.8 Å². The lowest BCUT2D eigenvalue weighted by Gasteiger charge is -2.39. The van der Waals surface area contributed by atoms with Crippen molar-refractivity contribution in [2.45, 2.75) is 18.4 Å². The lowest BCUT2D eigenvalue weighted by atomic mass is 9.78. The van der Waals surface area contributed by atoms with Crippen molar-refractivity contribution in [2.75, 3.05) is 16.9 Å². The second kappa shape index (κ2) is 9.22. The van der Waals surface area contributed by atoms with Gasteiger partial charge >= 0.3 is 0 Å². The van der Waals surface area contributed by atoms with E-state index in [9.17, 15) is 9.59 Å². The molecule has 6 nitrogen and oxygen atoms in total. The van der Waals surface area contributed by atoms with Crippen LogP contribution in [0.3, 0.4) is 0 Å². The number of hydrogen-bond donors (Lipinski definition) is 3. The van der Waals surface area contributed by atoms with Crippen LogP contribution < -0.4 is 16.0 Å². The molecule has 2 aromatic carbocycles. The third-order valence-corrected chi connectivity index (χ3v) is 5.73. The molecule has 1 fully saturated rings. The summed E-state index contributed by atoms with van der Waals surface area (Å²) in [6.45, 7) is 0. The Morgan fingerprint density at radius 3 is 2.42 bits per heavy atom. The zero-order valence-corrected chi connectivity index (χ0v) is 18.0. The summed E-state index contributed by atoms with van der Waals surface area (Å²) in [6, 6.07) is 19.7. The molecule has 0 spiro atoms. The van der Waals surface area contributed by atoms with Crippen molar-refractivity contribution in [1.82, 2.24) is 5.32 Å². The van der Waals surface area contributed by atoms with E-state index < -0.39 is 11.5 Å². The van der Waals surface area contributed by atoms with Crippen molar-refractivity contribution >= 4 is 41.4 Å². The highest BCUT2D eigenvalue weighted by atomic mass is 32.2. The molecule has 0 aromatic heterocycles. The van der Waals surface area contributed by atoms with E-state index in [1.807, 2.05) is 85.3 Å². The molecule has 0 saturated carbocycles. The van der Waals surface area contributed by atoms with Crippen LogP contribution in [0.15, 0.2) is 88.5 Å². The van der Waals surface area contributed by atoms with Gasteiger partial charge in [-0.1, -0.05) is 36.4 Å². The molecule has 2 aliphatic rings. The Kier molecular flexibility index (Phi) is 6.23. The molecule has 1 heterocycles. The highest BCUT2D eigenvalue weighted by Crippen LogP contribution is 2.39. The topological polar surface area (TPSA) is 82.6 Å². The van der Waals surface area contributed by atoms with Gasteiger partial charge < -0.3 is 10.6 Å². The Labute approximate surface area is 186 Å². The van der Waals surface area contributed by atoms with Gasteiger partial charge in [-0.05, 0) is 61.2 Å². The van der Waals surface area contributed by atoms with Crippen LogP contribution in [0.5, 0.6) is 0 Å². The van der Waals surface area contributed by atoms with Crippen molar-refractivity contribution in [3.05, 3.63) is 84.1 Å². The zero-order chi connectivity index (χ0) is 21.7. The fourth-order valence-electron chi connectivity index (χ4n) is 3.93. The monoisotopic (exact) mass is 432 g/mol. The number of nitrogens with one attached hydrogen (secondary N) is 3. The number of fused-ring (bicyclic) bond motifs is 1. The van der Waals surface area contributed by atoms with Gasteiger partial charge in [0.2, 0.25) is 5.91 Å².